The lowest BCUT2D eigenvalue weighted by Crippen LogP contribution is -2.67. The Balaban J connectivity index is 1.82. The summed E-state index contributed by atoms with van der Waals surface area (Å²) in [6.07, 6.45) is 2.30. The van der Waals surface area contributed by atoms with Crippen LogP contribution in [-0.2, 0) is 16.1 Å². The molecule has 6 heteroatoms. The van der Waals surface area contributed by atoms with Crippen molar-refractivity contribution in [2.45, 2.75) is 50.8 Å². The van der Waals surface area contributed by atoms with Gasteiger partial charge >= 0.3 is 12.1 Å². The summed E-state index contributed by atoms with van der Waals surface area (Å²) in [5.41, 5.74) is -0.275. The van der Waals surface area contributed by atoms with Gasteiger partial charge in [-0.1, -0.05) is 37.3 Å². The van der Waals surface area contributed by atoms with Gasteiger partial charge in [0.1, 0.15) is 12.1 Å². The van der Waals surface area contributed by atoms with Gasteiger partial charge in [0.25, 0.3) is 0 Å². The van der Waals surface area contributed by atoms with Gasteiger partial charge in [-0.25, -0.2) is 9.59 Å². The van der Waals surface area contributed by atoms with E-state index in [0.29, 0.717) is 25.9 Å². The molecule has 2 atom stereocenters. The summed E-state index contributed by atoms with van der Waals surface area (Å²) in [5, 5.41) is 13.4. The molecule has 0 bridgehead atoms. The molecule has 136 valence electrons. The van der Waals surface area contributed by atoms with E-state index in [1.165, 1.54) is 0 Å². The number of aliphatic carboxylic acids is 1. The normalized spacial score (nSPS) is 26.0. The van der Waals surface area contributed by atoms with Crippen molar-refractivity contribution in [3.8, 4) is 0 Å². The third-order valence-corrected chi connectivity index (χ3v) is 5.36. The fourth-order valence-electron chi connectivity index (χ4n) is 3.87. The van der Waals surface area contributed by atoms with E-state index < -0.39 is 17.6 Å². The molecule has 6 nitrogen and oxygen atoms in total. The number of amides is 1. The highest BCUT2D eigenvalue weighted by Crippen LogP contribution is 2.41. The predicted molar refractivity (Wildman–Crippen MR) is 93.1 cm³/mol. The summed E-state index contributed by atoms with van der Waals surface area (Å²) in [6.45, 7) is 3.35. The second-order valence-corrected chi connectivity index (χ2v) is 6.93. The summed E-state index contributed by atoms with van der Waals surface area (Å²) in [6, 6.07) is 9.44. The minimum Gasteiger partial charge on any atom is -0.479 e. The minimum atomic E-state index is -1.17. The van der Waals surface area contributed by atoms with Gasteiger partial charge < -0.3 is 15.2 Å². The second kappa shape index (κ2) is 7.44. The van der Waals surface area contributed by atoms with Crippen LogP contribution in [0.25, 0.3) is 0 Å². The van der Waals surface area contributed by atoms with E-state index in [1.54, 1.807) is 4.90 Å². The largest absolute Gasteiger partial charge is 0.479 e. The topological polar surface area (TPSA) is 78.9 Å². The summed E-state index contributed by atoms with van der Waals surface area (Å²) in [4.78, 5) is 26.8. The van der Waals surface area contributed by atoms with Crippen molar-refractivity contribution in [3.63, 3.8) is 0 Å². The van der Waals surface area contributed by atoms with Crippen molar-refractivity contribution in [2.75, 3.05) is 13.1 Å². The van der Waals surface area contributed by atoms with Crippen molar-refractivity contribution in [2.24, 2.45) is 5.92 Å². The number of nitrogens with zero attached hydrogens (tertiary/aromatic N) is 1. The molecule has 0 spiro atoms. The number of ether oxygens (including phenoxy) is 1. The Hall–Kier alpha value is -2.08. The van der Waals surface area contributed by atoms with Crippen LogP contribution in [-0.4, -0.2) is 46.7 Å². The Labute approximate surface area is 148 Å². The van der Waals surface area contributed by atoms with E-state index in [1.807, 2.05) is 37.3 Å². The summed E-state index contributed by atoms with van der Waals surface area (Å²) in [7, 11) is 0. The Kier molecular flexibility index (Phi) is 5.27. The number of hydrogen-bond acceptors (Lipinski definition) is 4. The number of nitrogens with one attached hydrogen (secondary N) is 1. The molecule has 2 unspecified atom stereocenters. The lowest BCUT2D eigenvalue weighted by Gasteiger charge is -2.47. The van der Waals surface area contributed by atoms with Crippen LogP contribution >= 0.6 is 0 Å². The van der Waals surface area contributed by atoms with E-state index in [4.69, 9.17) is 4.74 Å². The van der Waals surface area contributed by atoms with Crippen LogP contribution < -0.4 is 5.32 Å². The van der Waals surface area contributed by atoms with Crippen LogP contribution in [0.3, 0.4) is 0 Å². The van der Waals surface area contributed by atoms with Crippen molar-refractivity contribution < 1.29 is 19.4 Å². The standard InChI is InChI=1S/C19H26N2O4/c1-2-15-12-20-11-10-19(15,17(22)23)21(16-8-9-16)18(24)25-13-14-6-4-3-5-7-14/h3-7,15-16,20H,2,8-13H2,1H3,(H,22,23). The zero-order valence-electron chi connectivity index (χ0n) is 14.6. The van der Waals surface area contributed by atoms with Gasteiger partial charge in [-0.05, 0) is 37.8 Å². The third kappa shape index (κ3) is 3.49. The highest BCUT2D eigenvalue weighted by Gasteiger charge is 2.57. The highest BCUT2D eigenvalue weighted by molar-refractivity contribution is 5.85. The van der Waals surface area contributed by atoms with Gasteiger partial charge in [0.15, 0.2) is 0 Å². The molecule has 0 aromatic heterocycles. The smallest absolute Gasteiger partial charge is 0.411 e. The Morgan fingerprint density at radius 2 is 2.04 bits per heavy atom. The van der Waals surface area contributed by atoms with Crippen molar-refractivity contribution >= 4 is 12.1 Å². The first-order valence-corrected chi connectivity index (χ1v) is 9.03. The number of carboxylic acid groups (broad SMARTS) is 1. The molecule has 2 aliphatic rings. The van der Waals surface area contributed by atoms with Gasteiger partial charge in [-0.15, -0.1) is 0 Å². The van der Waals surface area contributed by atoms with E-state index >= 15 is 0 Å². The van der Waals surface area contributed by atoms with Crippen LogP contribution in [0.15, 0.2) is 30.3 Å². The van der Waals surface area contributed by atoms with E-state index in [-0.39, 0.29) is 18.6 Å². The predicted octanol–water partition coefficient (Wildman–Crippen LogP) is 2.63. The highest BCUT2D eigenvalue weighted by atomic mass is 16.6. The fourth-order valence-corrected chi connectivity index (χ4v) is 3.87. The summed E-state index contributed by atoms with van der Waals surface area (Å²) < 4.78 is 5.52. The molecule has 2 fully saturated rings. The molecular formula is C19H26N2O4. The maximum Gasteiger partial charge on any atom is 0.411 e. The van der Waals surface area contributed by atoms with Gasteiger partial charge in [-0.3, -0.25) is 4.90 Å². The second-order valence-electron chi connectivity index (χ2n) is 6.93. The molecule has 0 radical (unpaired) electrons. The molecule has 1 aliphatic heterocycles. The first kappa shape index (κ1) is 17.7. The van der Waals surface area contributed by atoms with Crippen molar-refractivity contribution in [3.05, 3.63) is 35.9 Å². The molecule has 1 aromatic rings. The number of piperidine rings is 1. The zero-order chi connectivity index (χ0) is 17.9. The minimum absolute atomic E-state index is 0.0217. The SMILES string of the molecule is CCC1CNCCC1(C(=O)O)N(C(=O)OCc1ccccc1)C1CC1. The van der Waals surface area contributed by atoms with Crippen molar-refractivity contribution in [1.82, 2.24) is 10.2 Å². The maximum atomic E-state index is 12.9. The number of carbonyl (C=O) groups is 2. The average molecular weight is 346 g/mol. The van der Waals surface area contributed by atoms with Crippen LogP contribution in [0.2, 0.25) is 0 Å². The quantitative estimate of drug-likeness (QED) is 0.828. The van der Waals surface area contributed by atoms with Crippen LogP contribution in [0.5, 0.6) is 0 Å². The number of carbonyl (C=O) groups excluding carboxylic acids is 1. The fraction of sp³-hybridized carbons (Fsp3) is 0.579. The molecule has 1 aromatic carbocycles. The van der Waals surface area contributed by atoms with Gasteiger partial charge in [0, 0.05) is 18.5 Å². The molecule has 2 N–H and O–H groups in total. The summed E-state index contributed by atoms with van der Waals surface area (Å²) in [5.74, 6) is -1.03. The number of carboxylic acids is 1. The zero-order valence-corrected chi connectivity index (χ0v) is 14.6. The van der Waals surface area contributed by atoms with E-state index in [2.05, 4.69) is 5.32 Å². The lowest BCUT2D eigenvalue weighted by molar-refractivity contribution is -0.157. The van der Waals surface area contributed by atoms with Crippen LogP contribution in [0.4, 0.5) is 4.79 Å². The molecule has 1 heterocycles. The Bertz CT molecular complexity index is 617. The van der Waals surface area contributed by atoms with Gasteiger partial charge in [-0.2, -0.15) is 0 Å². The van der Waals surface area contributed by atoms with E-state index in [0.717, 1.165) is 18.4 Å². The number of benzene rings is 1. The summed E-state index contributed by atoms with van der Waals surface area (Å²) >= 11 is 0. The van der Waals surface area contributed by atoms with Crippen LogP contribution in [0, 0.1) is 5.92 Å². The van der Waals surface area contributed by atoms with Crippen molar-refractivity contribution in [1.29, 1.82) is 0 Å². The van der Waals surface area contributed by atoms with Crippen LogP contribution in [0.1, 0.15) is 38.2 Å². The first-order chi connectivity index (χ1) is 12.1. The average Bonchev–Trinajstić information content (AvgIpc) is 3.46. The molecule has 25 heavy (non-hydrogen) atoms. The Morgan fingerprint density at radius 3 is 2.64 bits per heavy atom. The third-order valence-electron chi connectivity index (χ3n) is 5.36. The van der Waals surface area contributed by atoms with Gasteiger partial charge in [0.2, 0.25) is 0 Å². The molecule has 1 amide bonds. The first-order valence-electron chi connectivity index (χ1n) is 9.03. The molecule has 3 rings (SSSR count). The number of hydrogen-bond donors (Lipinski definition) is 2. The molecule has 1 aliphatic carbocycles. The monoisotopic (exact) mass is 346 g/mol. The maximum absolute atomic E-state index is 12.9. The molecular weight excluding hydrogens is 320 g/mol. The van der Waals surface area contributed by atoms with E-state index in [9.17, 15) is 14.7 Å². The molecule has 1 saturated heterocycles. The lowest BCUT2D eigenvalue weighted by atomic mass is 9.75. The Morgan fingerprint density at radius 1 is 1.32 bits per heavy atom. The molecule has 1 saturated carbocycles. The van der Waals surface area contributed by atoms with Gasteiger partial charge in [0.05, 0.1) is 0 Å². The number of rotatable bonds is 6.